The van der Waals surface area contributed by atoms with Gasteiger partial charge in [-0.3, -0.25) is 14.7 Å². The molecule has 0 radical (unpaired) electrons. The van der Waals surface area contributed by atoms with Crippen LogP contribution < -0.4 is 20.1 Å². The SMILES string of the molecule is C=C(F)C(=O)Nc1cc2c(Nc3ccc(OCc4ccccn4)c(Cl)c3)ncnc2cc1OCCN1CCOCC1. The zero-order chi connectivity index (χ0) is 28.6. The molecule has 4 aromatic rings. The highest BCUT2D eigenvalue weighted by Crippen LogP contribution is 2.35. The van der Waals surface area contributed by atoms with Crippen molar-refractivity contribution in [1.82, 2.24) is 19.9 Å². The molecule has 3 heterocycles. The molecule has 0 unspecified atom stereocenters. The molecule has 1 aliphatic heterocycles. The van der Waals surface area contributed by atoms with Crippen LogP contribution in [-0.4, -0.2) is 65.2 Å². The second kappa shape index (κ2) is 13.4. The highest BCUT2D eigenvalue weighted by atomic mass is 35.5. The Morgan fingerprint density at radius 2 is 1.93 bits per heavy atom. The molecule has 1 fully saturated rings. The Morgan fingerprint density at radius 3 is 2.68 bits per heavy atom. The number of pyridine rings is 1. The monoisotopic (exact) mass is 578 g/mol. The molecule has 10 nitrogen and oxygen atoms in total. The number of rotatable bonds is 11. The van der Waals surface area contributed by atoms with E-state index in [-0.39, 0.29) is 12.3 Å². The molecule has 0 bridgehead atoms. The predicted octanol–water partition coefficient (Wildman–Crippen LogP) is 5.13. The van der Waals surface area contributed by atoms with Crippen molar-refractivity contribution >= 4 is 45.6 Å². The zero-order valence-corrected chi connectivity index (χ0v) is 22.9. The normalized spacial score (nSPS) is 13.5. The molecule has 2 N–H and O–H groups in total. The van der Waals surface area contributed by atoms with Gasteiger partial charge >= 0.3 is 0 Å². The van der Waals surface area contributed by atoms with Crippen molar-refractivity contribution in [2.24, 2.45) is 0 Å². The summed E-state index contributed by atoms with van der Waals surface area (Å²) in [5.74, 6) is -0.787. The number of nitrogens with one attached hydrogen (secondary N) is 2. The van der Waals surface area contributed by atoms with E-state index < -0.39 is 11.7 Å². The topological polar surface area (TPSA) is 111 Å². The van der Waals surface area contributed by atoms with Crippen molar-refractivity contribution in [1.29, 1.82) is 0 Å². The highest BCUT2D eigenvalue weighted by Gasteiger charge is 2.17. The van der Waals surface area contributed by atoms with E-state index in [2.05, 4.69) is 37.1 Å². The van der Waals surface area contributed by atoms with Crippen LogP contribution in [0.4, 0.5) is 21.6 Å². The molecule has 2 aromatic carbocycles. The molecule has 0 saturated carbocycles. The van der Waals surface area contributed by atoms with E-state index in [0.717, 1.165) is 18.8 Å². The number of carbonyl (C=O) groups is 1. The average Bonchev–Trinajstić information content (AvgIpc) is 2.98. The van der Waals surface area contributed by atoms with Crippen LogP contribution in [0, 0.1) is 0 Å². The minimum Gasteiger partial charge on any atom is -0.490 e. The van der Waals surface area contributed by atoms with Crippen LogP contribution in [0.25, 0.3) is 10.9 Å². The summed E-state index contributed by atoms with van der Waals surface area (Å²) in [5, 5.41) is 6.72. The lowest BCUT2D eigenvalue weighted by molar-refractivity contribution is -0.114. The molecule has 12 heteroatoms. The van der Waals surface area contributed by atoms with Gasteiger partial charge < -0.3 is 24.8 Å². The van der Waals surface area contributed by atoms with E-state index in [9.17, 15) is 9.18 Å². The number of anilines is 3. The highest BCUT2D eigenvalue weighted by molar-refractivity contribution is 6.32. The van der Waals surface area contributed by atoms with Crippen LogP contribution in [0.2, 0.25) is 5.02 Å². The molecule has 1 aliphatic rings. The minimum absolute atomic E-state index is 0.262. The van der Waals surface area contributed by atoms with Gasteiger partial charge in [-0.15, -0.1) is 0 Å². The molecule has 5 rings (SSSR count). The van der Waals surface area contributed by atoms with Crippen LogP contribution in [0.1, 0.15) is 5.69 Å². The predicted molar refractivity (Wildman–Crippen MR) is 154 cm³/mol. The largest absolute Gasteiger partial charge is 0.490 e. The Hall–Kier alpha value is -4.32. The zero-order valence-electron chi connectivity index (χ0n) is 22.1. The Bertz CT molecular complexity index is 1540. The Kier molecular flexibility index (Phi) is 9.19. The lowest BCUT2D eigenvalue weighted by Crippen LogP contribution is -2.38. The lowest BCUT2D eigenvalue weighted by Gasteiger charge is -2.26. The molecule has 0 spiro atoms. The van der Waals surface area contributed by atoms with Gasteiger partial charge in [0.05, 0.1) is 35.1 Å². The maximum absolute atomic E-state index is 13.6. The number of carbonyl (C=O) groups excluding carboxylic acids is 1. The lowest BCUT2D eigenvalue weighted by atomic mass is 10.1. The smallest absolute Gasteiger partial charge is 0.283 e. The summed E-state index contributed by atoms with van der Waals surface area (Å²) in [6.07, 6.45) is 3.11. The molecule has 41 heavy (non-hydrogen) atoms. The van der Waals surface area contributed by atoms with Crippen molar-refractivity contribution in [3.05, 3.63) is 84.2 Å². The van der Waals surface area contributed by atoms with Gasteiger partial charge in [-0.05, 0) is 36.4 Å². The fraction of sp³-hybridized carbons (Fsp3) is 0.241. The van der Waals surface area contributed by atoms with Gasteiger partial charge in [-0.1, -0.05) is 24.2 Å². The van der Waals surface area contributed by atoms with Gasteiger partial charge in [-0.2, -0.15) is 0 Å². The second-order valence-electron chi connectivity index (χ2n) is 9.13. The summed E-state index contributed by atoms with van der Waals surface area (Å²) in [7, 11) is 0. The van der Waals surface area contributed by atoms with Crippen molar-refractivity contribution in [2.45, 2.75) is 6.61 Å². The van der Waals surface area contributed by atoms with Gasteiger partial charge in [-0.25, -0.2) is 14.4 Å². The molecular weight excluding hydrogens is 551 g/mol. The number of morpholine rings is 1. The maximum atomic E-state index is 13.6. The van der Waals surface area contributed by atoms with Gasteiger partial charge in [0.1, 0.15) is 36.9 Å². The van der Waals surface area contributed by atoms with Gasteiger partial charge in [0.15, 0.2) is 5.83 Å². The van der Waals surface area contributed by atoms with Crippen LogP contribution in [0.15, 0.2) is 73.5 Å². The summed E-state index contributed by atoms with van der Waals surface area (Å²) in [6, 6.07) is 14.2. The fourth-order valence-corrected chi connectivity index (χ4v) is 4.40. The number of amides is 1. The number of nitrogens with zero attached hydrogens (tertiary/aromatic N) is 4. The number of fused-ring (bicyclic) bond motifs is 1. The molecular formula is C29H28ClFN6O4. The number of hydrogen-bond acceptors (Lipinski definition) is 9. The van der Waals surface area contributed by atoms with Crippen molar-refractivity contribution in [2.75, 3.05) is 50.1 Å². The number of benzene rings is 2. The first-order chi connectivity index (χ1) is 20.0. The fourth-order valence-electron chi connectivity index (χ4n) is 4.17. The molecule has 2 aromatic heterocycles. The van der Waals surface area contributed by atoms with Crippen LogP contribution in [0.5, 0.6) is 11.5 Å². The Morgan fingerprint density at radius 1 is 1.07 bits per heavy atom. The van der Waals surface area contributed by atoms with E-state index in [4.69, 9.17) is 25.8 Å². The average molecular weight is 579 g/mol. The first kappa shape index (κ1) is 28.2. The Labute approximate surface area is 241 Å². The summed E-state index contributed by atoms with van der Waals surface area (Å²) < 4.78 is 30.8. The van der Waals surface area contributed by atoms with Crippen LogP contribution in [0.3, 0.4) is 0 Å². The number of hydrogen-bond donors (Lipinski definition) is 2. The first-order valence-corrected chi connectivity index (χ1v) is 13.3. The van der Waals surface area contributed by atoms with E-state index in [0.29, 0.717) is 65.3 Å². The number of ether oxygens (including phenoxy) is 3. The summed E-state index contributed by atoms with van der Waals surface area (Å²) >= 11 is 6.48. The van der Waals surface area contributed by atoms with E-state index in [1.54, 1.807) is 36.5 Å². The second-order valence-corrected chi connectivity index (χ2v) is 9.54. The van der Waals surface area contributed by atoms with E-state index >= 15 is 0 Å². The number of halogens is 2. The molecule has 1 amide bonds. The third-order valence-electron chi connectivity index (χ3n) is 6.30. The van der Waals surface area contributed by atoms with Gasteiger partial charge in [0, 0.05) is 43.0 Å². The third-order valence-corrected chi connectivity index (χ3v) is 6.59. The standard InChI is InChI=1S/C29H28ClFN6O4/c1-19(31)29(38)36-25-15-22-24(16-27(25)40-13-10-37-8-11-39-12-9-37)33-18-34-28(22)35-20-5-6-26(23(30)14-20)41-17-21-4-2-3-7-32-21/h2-7,14-16,18H,1,8-13,17H2,(H,36,38)(H,33,34,35). The minimum atomic E-state index is -1.12. The van der Waals surface area contributed by atoms with Crippen LogP contribution in [-0.2, 0) is 16.1 Å². The Balaban J connectivity index is 1.35. The van der Waals surface area contributed by atoms with Crippen molar-refractivity contribution in [3.63, 3.8) is 0 Å². The van der Waals surface area contributed by atoms with Crippen molar-refractivity contribution in [3.8, 4) is 11.5 Å². The third kappa shape index (κ3) is 7.46. The quantitative estimate of drug-likeness (QED) is 0.234. The van der Waals surface area contributed by atoms with Gasteiger partial charge in [0.2, 0.25) is 0 Å². The molecule has 212 valence electrons. The van der Waals surface area contributed by atoms with Crippen LogP contribution >= 0.6 is 11.6 Å². The maximum Gasteiger partial charge on any atom is 0.283 e. The number of aromatic nitrogens is 3. The van der Waals surface area contributed by atoms with E-state index in [1.165, 1.54) is 6.33 Å². The first-order valence-electron chi connectivity index (χ1n) is 12.9. The van der Waals surface area contributed by atoms with Gasteiger partial charge in [0.25, 0.3) is 5.91 Å². The van der Waals surface area contributed by atoms with Crippen molar-refractivity contribution < 1.29 is 23.4 Å². The summed E-state index contributed by atoms with van der Waals surface area (Å²) in [5.41, 5.74) is 2.25. The summed E-state index contributed by atoms with van der Waals surface area (Å²) in [4.78, 5) is 27.4. The molecule has 0 atom stereocenters. The van der Waals surface area contributed by atoms with E-state index in [1.807, 2.05) is 18.2 Å². The molecule has 1 saturated heterocycles. The molecule has 0 aliphatic carbocycles. The summed E-state index contributed by atoms with van der Waals surface area (Å²) in [6.45, 7) is 7.37.